The van der Waals surface area contributed by atoms with E-state index in [1.165, 1.54) is 19.2 Å². The van der Waals surface area contributed by atoms with E-state index in [0.717, 1.165) is 0 Å². The third-order valence-corrected chi connectivity index (χ3v) is 1.62. The molecule has 0 aliphatic carbocycles. The van der Waals surface area contributed by atoms with E-state index >= 15 is 0 Å². The lowest BCUT2D eigenvalue weighted by molar-refractivity contribution is 0.100. The minimum atomic E-state index is -0.661. The van der Waals surface area contributed by atoms with Gasteiger partial charge in [0.2, 0.25) is 5.91 Å². The average Bonchev–Trinajstić information content (AvgIpc) is 2.77. The molecule has 0 fully saturated rings. The van der Waals surface area contributed by atoms with E-state index in [-0.39, 0.29) is 11.3 Å². The Morgan fingerprint density at radius 3 is 1.62 bits per heavy atom. The van der Waals surface area contributed by atoms with Crippen molar-refractivity contribution in [1.29, 1.82) is 0 Å². The highest BCUT2D eigenvalue weighted by atomic mass is 20.0. The van der Waals surface area contributed by atoms with E-state index in [4.69, 9.17) is 70.9 Å². The van der Waals surface area contributed by atoms with Gasteiger partial charge in [-0.3, -0.25) is 4.79 Å². The van der Waals surface area contributed by atoms with Crippen molar-refractivity contribution < 1.29 is 64.4 Å². The number of primary amides is 1. The fourth-order valence-electron chi connectivity index (χ4n) is 0.975. The standard InChI is InChI=1S/C8H8N4O2.6F2/c1-14-5-2-3-7(11-12-10)6(4-5)8(9)13;6*1-2/h2-4H,1H3,(H2,9,13);;;;;;. The number of carbonyl (C=O) groups is 1. The van der Waals surface area contributed by atoms with E-state index in [1.54, 1.807) is 6.07 Å². The summed E-state index contributed by atoms with van der Waals surface area (Å²) >= 11 is 0. The number of amides is 1. The Kier molecular flexibility index (Phi) is 63.8. The van der Waals surface area contributed by atoms with Crippen LogP contribution in [-0.2, 0) is 0 Å². The first kappa shape index (κ1) is 38.5. The minimum Gasteiger partial charge on any atom is -0.497 e. The van der Waals surface area contributed by atoms with Crippen molar-refractivity contribution in [2.24, 2.45) is 10.8 Å². The number of rotatable bonds is 3. The second-order valence-electron chi connectivity index (χ2n) is 2.44. The molecule has 1 aromatic rings. The SMILES string of the molecule is COc1ccc(N=[N+]=[N-])c(C(N)=O)c1.FF.FF.FF.FF.FF.FF. The van der Waals surface area contributed by atoms with E-state index in [1.807, 2.05) is 0 Å². The Morgan fingerprint density at radius 1 is 0.962 bits per heavy atom. The van der Waals surface area contributed by atoms with Gasteiger partial charge in [0.15, 0.2) is 0 Å². The van der Waals surface area contributed by atoms with Gasteiger partial charge in [-0.2, -0.15) is 0 Å². The number of hydrogen-bond acceptors (Lipinski definition) is 3. The van der Waals surface area contributed by atoms with Crippen LogP contribution in [0.2, 0.25) is 0 Å². The molecule has 0 aliphatic rings. The maximum atomic E-state index is 10.9. The summed E-state index contributed by atoms with van der Waals surface area (Å²) in [6.07, 6.45) is 0. The number of methoxy groups -OCH3 is 1. The number of ether oxygens (including phenoxy) is 1. The Morgan fingerprint density at radius 2 is 1.35 bits per heavy atom. The molecule has 0 aromatic heterocycles. The van der Waals surface area contributed by atoms with Crippen LogP contribution < -0.4 is 10.5 Å². The molecule has 0 heterocycles. The number of hydrogen-bond donors (Lipinski definition) is 1. The second-order valence-corrected chi connectivity index (χ2v) is 2.44. The van der Waals surface area contributed by atoms with Gasteiger partial charge in [0.1, 0.15) is 5.75 Å². The highest BCUT2D eigenvalue weighted by Crippen LogP contribution is 2.24. The van der Waals surface area contributed by atoms with Crippen LogP contribution >= 0.6 is 0 Å². The summed E-state index contributed by atoms with van der Waals surface area (Å²) in [6, 6.07) is 4.47. The van der Waals surface area contributed by atoms with Crippen LogP contribution in [0.1, 0.15) is 10.4 Å². The maximum Gasteiger partial charge on any atom is 0.249 e. The lowest BCUT2D eigenvalue weighted by Gasteiger charge is -2.03. The van der Waals surface area contributed by atoms with Crippen molar-refractivity contribution in [3.05, 3.63) is 34.2 Å². The summed E-state index contributed by atoms with van der Waals surface area (Å²) in [5, 5.41) is 3.33. The van der Waals surface area contributed by atoms with Gasteiger partial charge >= 0.3 is 0 Å². The zero-order valence-electron chi connectivity index (χ0n) is 12.0. The van der Waals surface area contributed by atoms with Crippen LogP contribution in [0.4, 0.5) is 60.6 Å². The Hall–Kier alpha value is -3.04. The van der Waals surface area contributed by atoms with Gasteiger partial charge in [-0.15, -0.1) is 0 Å². The van der Waals surface area contributed by atoms with Gasteiger partial charge in [0, 0.05) is 59.8 Å². The van der Waals surface area contributed by atoms with E-state index in [9.17, 15) is 4.79 Å². The van der Waals surface area contributed by atoms with Crippen LogP contribution in [0.15, 0.2) is 23.3 Å². The van der Waals surface area contributed by atoms with Gasteiger partial charge in [-0.25, -0.2) is 0 Å². The summed E-state index contributed by atoms with van der Waals surface area (Å²) in [5.74, 6) is -0.179. The van der Waals surface area contributed by atoms with Gasteiger partial charge in [0.05, 0.1) is 18.4 Å². The molecule has 1 amide bonds. The molecule has 0 unspecified atom stereocenters. The maximum absolute atomic E-state index is 10.9. The zero-order valence-corrected chi connectivity index (χ0v) is 12.0. The normalized spacial score (nSPS) is 6.19. The Labute approximate surface area is 135 Å². The fraction of sp³-hybridized carbons (Fsp3) is 0.125. The lowest BCUT2D eigenvalue weighted by Crippen LogP contribution is -2.11. The van der Waals surface area contributed by atoms with Crippen molar-refractivity contribution in [3.8, 4) is 5.75 Å². The number of carbonyl (C=O) groups excluding carboxylic acids is 1. The van der Waals surface area contributed by atoms with Gasteiger partial charge in [0.25, 0.3) is 0 Å². The third kappa shape index (κ3) is 23.2. The van der Waals surface area contributed by atoms with E-state index in [0.29, 0.717) is 5.75 Å². The molecule has 2 N–H and O–H groups in total. The van der Waals surface area contributed by atoms with Crippen molar-refractivity contribution in [1.82, 2.24) is 0 Å². The third-order valence-electron chi connectivity index (χ3n) is 1.62. The molecule has 0 radical (unpaired) electrons. The number of nitrogens with two attached hydrogens (primary N) is 1. The molecular formula is C8H8F12N4O2. The lowest BCUT2D eigenvalue weighted by atomic mass is 10.1. The highest BCUT2D eigenvalue weighted by molar-refractivity contribution is 5.98. The Bertz CT molecular complexity index is 436. The summed E-state index contributed by atoms with van der Waals surface area (Å²) in [4.78, 5) is 13.5. The topological polar surface area (TPSA) is 101 Å². The largest absolute Gasteiger partial charge is 0.497 e. The molecule has 0 bridgehead atoms. The number of nitrogens with zero attached hydrogens (tertiary/aromatic N) is 3. The molecule has 1 rings (SSSR count). The molecule has 0 aliphatic heterocycles. The first-order valence-corrected chi connectivity index (χ1v) is 4.57. The predicted octanol–water partition coefficient (Wildman–Crippen LogP) is 6.78. The van der Waals surface area contributed by atoms with Gasteiger partial charge in [-0.1, -0.05) is 5.11 Å². The van der Waals surface area contributed by atoms with E-state index < -0.39 is 5.91 Å². The monoisotopic (exact) mass is 420 g/mol. The number of benzene rings is 1. The summed E-state index contributed by atoms with van der Waals surface area (Å²) in [7, 11) is 1.47. The summed E-state index contributed by atoms with van der Waals surface area (Å²) in [5.41, 5.74) is 13.7. The number of halogens is 12. The molecule has 0 atom stereocenters. The molecule has 0 saturated heterocycles. The zero-order chi connectivity index (χ0) is 22.6. The summed E-state index contributed by atoms with van der Waals surface area (Å²) < 4.78 is 101. The van der Waals surface area contributed by atoms with Gasteiger partial charge < -0.3 is 10.5 Å². The minimum absolute atomic E-state index is 0.141. The molecule has 6 nitrogen and oxygen atoms in total. The molecule has 1 aromatic carbocycles. The molecule has 18 heteroatoms. The van der Waals surface area contributed by atoms with Gasteiger partial charge in [-0.05, 0) is 23.7 Å². The average molecular weight is 420 g/mol. The quantitative estimate of drug-likeness (QED) is 0.252. The molecular weight excluding hydrogens is 412 g/mol. The van der Waals surface area contributed by atoms with Crippen LogP contribution in [0.3, 0.4) is 0 Å². The first-order valence-electron chi connectivity index (χ1n) is 4.57. The molecule has 0 spiro atoms. The second kappa shape index (κ2) is 43.1. The van der Waals surface area contributed by atoms with Crippen molar-refractivity contribution in [2.45, 2.75) is 0 Å². The molecule has 26 heavy (non-hydrogen) atoms. The predicted molar refractivity (Wildman–Crippen MR) is 63.6 cm³/mol. The van der Waals surface area contributed by atoms with Crippen LogP contribution in [0.25, 0.3) is 10.4 Å². The van der Waals surface area contributed by atoms with Crippen LogP contribution in [-0.4, -0.2) is 13.0 Å². The fourth-order valence-corrected chi connectivity index (χ4v) is 0.975. The highest BCUT2D eigenvalue weighted by Gasteiger charge is 2.07. The van der Waals surface area contributed by atoms with Crippen molar-refractivity contribution in [3.63, 3.8) is 0 Å². The number of azide groups is 1. The Balaban J connectivity index is -0.0000000708. The molecule has 156 valence electrons. The smallest absolute Gasteiger partial charge is 0.249 e. The molecule has 0 saturated carbocycles. The van der Waals surface area contributed by atoms with Crippen molar-refractivity contribution in [2.75, 3.05) is 7.11 Å². The van der Waals surface area contributed by atoms with E-state index in [2.05, 4.69) is 10.0 Å². The van der Waals surface area contributed by atoms with Crippen LogP contribution in [0, 0.1) is 0 Å². The first-order chi connectivity index (χ1) is 12.7. The van der Waals surface area contributed by atoms with Crippen LogP contribution in [0.5, 0.6) is 5.75 Å². The summed E-state index contributed by atoms with van der Waals surface area (Å²) in [6.45, 7) is 0. The van der Waals surface area contributed by atoms with Crippen molar-refractivity contribution >= 4 is 11.6 Å².